The number of aliphatic hydroxyl groups excluding tert-OH is 1. The van der Waals surface area contributed by atoms with Crippen LogP contribution in [0.15, 0.2) is 0 Å². The van der Waals surface area contributed by atoms with E-state index in [2.05, 4.69) is 29.0 Å². The van der Waals surface area contributed by atoms with Crippen LogP contribution in [0.4, 0.5) is 0 Å². The van der Waals surface area contributed by atoms with Crippen molar-refractivity contribution in [2.24, 2.45) is 23.7 Å². The minimum Gasteiger partial charge on any atom is -0.396 e. The highest BCUT2D eigenvalue weighted by Crippen LogP contribution is 2.49. The van der Waals surface area contributed by atoms with Crippen molar-refractivity contribution in [3.63, 3.8) is 0 Å². The Kier molecular flexibility index (Phi) is 4.65. The largest absolute Gasteiger partial charge is 0.396 e. The fourth-order valence-electron chi connectivity index (χ4n) is 4.37. The molecule has 0 bridgehead atoms. The lowest BCUT2D eigenvalue weighted by Crippen LogP contribution is -2.54. The number of piperazine rings is 1. The minimum absolute atomic E-state index is 0.325. The Morgan fingerprint density at radius 1 is 1.20 bits per heavy atom. The minimum atomic E-state index is 0.325. The average Bonchev–Trinajstić information content (AvgIpc) is 2.85. The summed E-state index contributed by atoms with van der Waals surface area (Å²) in [6.07, 6.45) is 0.933. The zero-order chi connectivity index (χ0) is 14.1. The molecule has 4 heteroatoms. The van der Waals surface area contributed by atoms with Gasteiger partial charge in [-0.25, -0.2) is 0 Å². The Morgan fingerprint density at radius 3 is 2.60 bits per heavy atom. The molecule has 4 nitrogen and oxygen atoms in total. The average molecular weight is 281 g/mol. The van der Waals surface area contributed by atoms with Crippen LogP contribution in [0.3, 0.4) is 0 Å². The van der Waals surface area contributed by atoms with Crippen molar-refractivity contribution in [1.82, 2.24) is 15.1 Å². The van der Waals surface area contributed by atoms with Crippen molar-refractivity contribution in [3.05, 3.63) is 0 Å². The van der Waals surface area contributed by atoms with Crippen LogP contribution in [0.5, 0.6) is 0 Å². The maximum Gasteiger partial charge on any atom is 0.0446 e. The molecule has 2 unspecified atom stereocenters. The van der Waals surface area contributed by atoms with E-state index in [1.54, 1.807) is 0 Å². The molecular formula is C16H31N3O. The first-order chi connectivity index (χ1) is 9.69. The Morgan fingerprint density at radius 2 is 1.95 bits per heavy atom. The molecule has 1 aliphatic carbocycles. The number of nitrogens with zero attached hydrogens (tertiary/aromatic N) is 2. The van der Waals surface area contributed by atoms with Crippen molar-refractivity contribution in [1.29, 1.82) is 0 Å². The highest BCUT2D eigenvalue weighted by molar-refractivity contribution is 5.05. The summed E-state index contributed by atoms with van der Waals surface area (Å²) in [4.78, 5) is 5.27. The molecule has 20 heavy (non-hydrogen) atoms. The first-order valence-corrected chi connectivity index (χ1v) is 8.47. The Hall–Kier alpha value is -0.160. The summed E-state index contributed by atoms with van der Waals surface area (Å²) in [5, 5.41) is 12.8. The van der Waals surface area contributed by atoms with E-state index in [1.165, 1.54) is 39.3 Å². The van der Waals surface area contributed by atoms with Crippen molar-refractivity contribution in [2.45, 2.75) is 26.3 Å². The first kappa shape index (κ1) is 14.8. The second-order valence-electron chi connectivity index (χ2n) is 7.46. The SMILES string of the molecule is CC(C)CN1CCN(CC2[C@H]3CNC[C@@H]23)CC1CCO. The molecule has 2 saturated heterocycles. The molecule has 1 saturated carbocycles. The molecule has 0 aromatic rings. The van der Waals surface area contributed by atoms with E-state index in [9.17, 15) is 5.11 Å². The second kappa shape index (κ2) is 6.30. The van der Waals surface area contributed by atoms with Crippen molar-refractivity contribution in [3.8, 4) is 0 Å². The van der Waals surface area contributed by atoms with Crippen LogP contribution < -0.4 is 5.32 Å². The Balaban J connectivity index is 1.49. The standard InChI is InChI=1S/C16H31N3O/c1-12(2)9-19-5-4-18(10-13(19)3-6-20)11-16-14-7-17-8-15(14)16/h12-17,20H,3-11H2,1-2H3/t13?,14-,15+,16?. The molecule has 0 amide bonds. The van der Waals surface area contributed by atoms with Crippen LogP contribution >= 0.6 is 0 Å². The molecule has 0 radical (unpaired) electrons. The van der Waals surface area contributed by atoms with Gasteiger partial charge in [0, 0.05) is 45.4 Å². The van der Waals surface area contributed by atoms with Gasteiger partial charge >= 0.3 is 0 Å². The van der Waals surface area contributed by atoms with Crippen molar-refractivity contribution < 1.29 is 5.11 Å². The second-order valence-corrected chi connectivity index (χ2v) is 7.46. The number of hydrogen-bond acceptors (Lipinski definition) is 4. The molecule has 4 atom stereocenters. The first-order valence-electron chi connectivity index (χ1n) is 8.47. The molecule has 2 aliphatic heterocycles. The zero-order valence-corrected chi connectivity index (χ0v) is 13.1. The third kappa shape index (κ3) is 3.19. The molecule has 0 spiro atoms. The molecular weight excluding hydrogens is 250 g/mol. The quantitative estimate of drug-likeness (QED) is 0.743. The van der Waals surface area contributed by atoms with Gasteiger partial charge in [0.05, 0.1) is 0 Å². The molecule has 3 fully saturated rings. The van der Waals surface area contributed by atoms with Gasteiger partial charge in [0.2, 0.25) is 0 Å². The van der Waals surface area contributed by atoms with Gasteiger partial charge in [0.15, 0.2) is 0 Å². The van der Waals surface area contributed by atoms with E-state index < -0.39 is 0 Å². The lowest BCUT2D eigenvalue weighted by Gasteiger charge is -2.42. The third-order valence-corrected chi connectivity index (χ3v) is 5.49. The van der Waals surface area contributed by atoms with Gasteiger partial charge in [-0.2, -0.15) is 0 Å². The number of aliphatic hydroxyl groups is 1. The molecule has 0 aromatic carbocycles. The number of nitrogens with one attached hydrogen (secondary N) is 1. The van der Waals surface area contributed by atoms with Crippen LogP contribution in [0.2, 0.25) is 0 Å². The molecule has 116 valence electrons. The molecule has 3 rings (SSSR count). The van der Waals surface area contributed by atoms with Gasteiger partial charge in [-0.3, -0.25) is 4.90 Å². The van der Waals surface area contributed by atoms with Gasteiger partial charge in [0.25, 0.3) is 0 Å². The van der Waals surface area contributed by atoms with Crippen LogP contribution in [0.1, 0.15) is 20.3 Å². The molecule has 2 N–H and O–H groups in total. The highest BCUT2D eigenvalue weighted by Gasteiger charge is 2.53. The fourth-order valence-corrected chi connectivity index (χ4v) is 4.37. The summed E-state index contributed by atoms with van der Waals surface area (Å²) >= 11 is 0. The van der Waals surface area contributed by atoms with Crippen molar-refractivity contribution in [2.75, 3.05) is 52.4 Å². The maximum atomic E-state index is 9.33. The number of rotatable bonds is 6. The van der Waals surface area contributed by atoms with Gasteiger partial charge < -0.3 is 15.3 Å². The zero-order valence-electron chi connectivity index (χ0n) is 13.1. The molecule has 2 heterocycles. The highest BCUT2D eigenvalue weighted by atomic mass is 16.3. The summed E-state index contributed by atoms with van der Waals surface area (Å²) in [6, 6.07) is 0.563. The van der Waals surface area contributed by atoms with Gasteiger partial charge in [-0.15, -0.1) is 0 Å². The van der Waals surface area contributed by atoms with E-state index in [1.807, 2.05) is 0 Å². The number of hydrogen-bond donors (Lipinski definition) is 2. The molecule has 0 aromatic heterocycles. The van der Waals surface area contributed by atoms with Crippen LogP contribution in [0, 0.1) is 23.7 Å². The van der Waals surface area contributed by atoms with Crippen molar-refractivity contribution >= 4 is 0 Å². The topological polar surface area (TPSA) is 38.7 Å². The lowest BCUT2D eigenvalue weighted by atomic mass is 10.1. The van der Waals surface area contributed by atoms with Crippen LogP contribution in [0.25, 0.3) is 0 Å². The van der Waals surface area contributed by atoms with Crippen LogP contribution in [-0.2, 0) is 0 Å². The predicted molar refractivity (Wildman–Crippen MR) is 81.7 cm³/mol. The van der Waals surface area contributed by atoms with Gasteiger partial charge in [-0.1, -0.05) is 13.8 Å². The summed E-state index contributed by atoms with van der Waals surface area (Å²) in [6.45, 7) is 13.5. The van der Waals surface area contributed by atoms with E-state index in [4.69, 9.17) is 0 Å². The maximum absolute atomic E-state index is 9.33. The summed E-state index contributed by atoms with van der Waals surface area (Å²) in [5.74, 6) is 3.62. The lowest BCUT2D eigenvalue weighted by molar-refractivity contribution is 0.0476. The third-order valence-electron chi connectivity index (χ3n) is 5.49. The van der Waals surface area contributed by atoms with E-state index >= 15 is 0 Å². The summed E-state index contributed by atoms with van der Waals surface area (Å²) in [5.41, 5.74) is 0. The normalized spacial score (nSPS) is 38.4. The van der Waals surface area contributed by atoms with Gasteiger partial charge in [0.1, 0.15) is 0 Å². The smallest absolute Gasteiger partial charge is 0.0446 e. The van der Waals surface area contributed by atoms with Gasteiger partial charge in [-0.05, 0) is 43.2 Å². The monoisotopic (exact) mass is 281 g/mol. The van der Waals surface area contributed by atoms with E-state index in [0.29, 0.717) is 12.6 Å². The summed E-state index contributed by atoms with van der Waals surface area (Å²) in [7, 11) is 0. The fraction of sp³-hybridized carbons (Fsp3) is 1.00. The predicted octanol–water partition coefficient (Wildman–Crippen LogP) is 0.476. The summed E-state index contributed by atoms with van der Waals surface area (Å²) < 4.78 is 0. The van der Waals surface area contributed by atoms with Crippen LogP contribution in [-0.4, -0.2) is 73.4 Å². The number of piperidine rings is 1. The van der Waals surface area contributed by atoms with E-state index in [-0.39, 0.29) is 0 Å². The Labute approximate surface area is 123 Å². The van der Waals surface area contributed by atoms with E-state index in [0.717, 1.165) is 36.6 Å². The Bertz CT molecular complexity index is 313. The molecule has 3 aliphatic rings. The number of fused-ring (bicyclic) bond motifs is 1.